The molecule has 0 aromatic heterocycles. The Kier molecular flexibility index (Phi) is 3.70. The highest BCUT2D eigenvalue weighted by Gasteiger charge is 2.03. The van der Waals surface area contributed by atoms with Crippen LogP contribution in [0.2, 0.25) is 0 Å². The van der Waals surface area contributed by atoms with Gasteiger partial charge in [0.25, 0.3) is 0 Å². The molecular formula is C17H17FO. The molecule has 0 aliphatic carbocycles. The SMILES string of the molecule is C/C(=C/c1cc(C)c(O)c(C)c1)c1ccc(F)cc1. The molecule has 19 heavy (non-hydrogen) atoms. The van der Waals surface area contributed by atoms with Gasteiger partial charge in [-0.3, -0.25) is 0 Å². The zero-order chi connectivity index (χ0) is 14.0. The average molecular weight is 256 g/mol. The Bertz CT molecular complexity index is 601. The maximum atomic E-state index is 12.9. The normalized spacial score (nSPS) is 11.7. The van der Waals surface area contributed by atoms with E-state index in [4.69, 9.17) is 0 Å². The third-order valence-electron chi connectivity index (χ3n) is 3.20. The molecule has 2 aromatic carbocycles. The number of benzene rings is 2. The second-order valence-electron chi connectivity index (χ2n) is 4.84. The van der Waals surface area contributed by atoms with E-state index >= 15 is 0 Å². The first-order valence-corrected chi connectivity index (χ1v) is 6.22. The van der Waals surface area contributed by atoms with E-state index in [1.54, 1.807) is 12.1 Å². The minimum atomic E-state index is -0.229. The molecule has 0 bridgehead atoms. The molecular weight excluding hydrogens is 239 g/mol. The Morgan fingerprint density at radius 3 is 2.11 bits per heavy atom. The summed E-state index contributed by atoms with van der Waals surface area (Å²) in [6.45, 7) is 5.75. The van der Waals surface area contributed by atoms with Crippen LogP contribution in [0.4, 0.5) is 4.39 Å². The number of aromatic hydroxyl groups is 1. The van der Waals surface area contributed by atoms with Gasteiger partial charge in [-0.1, -0.05) is 18.2 Å². The average Bonchev–Trinajstić information content (AvgIpc) is 2.36. The summed E-state index contributed by atoms with van der Waals surface area (Å²) in [6, 6.07) is 10.3. The second-order valence-corrected chi connectivity index (χ2v) is 4.84. The molecule has 0 amide bonds. The van der Waals surface area contributed by atoms with Crippen LogP contribution in [-0.4, -0.2) is 5.11 Å². The summed E-state index contributed by atoms with van der Waals surface area (Å²) in [4.78, 5) is 0. The number of phenols is 1. The van der Waals surface area contributed by atoms with Crippen molar-refractivity contribution < 1.29 is 9.50 Å². The van der Waals surface area contributed by atoms with Crippen LogP contribution in [0.5, 0.6) is 5.75 Å². The maximum absolute atomic E-state index is 12.9. The lowest BCUT2D eigenvalue weighted by atomic mass is 10.0. The number of rotatable bonds is 2. The van der Waals surface area contributed by atoms with Gasteiger partial charge in [0, 0.05) is 0 Å². The first-order chi connectivity index (χ1) is 8.97. The van der Waals surface area contributed by atoms with Crippen LogP contribution in [0.15, 0.2) is 36.4 Å². The largest absolute Gasteiger partial charge is 0.507 e. The van der Waals surface area contributed by atoms with Crippen LogP contribution in [0.1, 0.15) is 29.2 Å². The van der Waals surface area contributed by atoms with E-state index in [-0.39, 0.29) is 5.82 Å². The summed E-state index contributed by atoms with van der Waals surface area (Å²) in [5.41, 5.74) is 4.81. The molecule has 0 heterocycles. The number of phenolic OH excluding ortho intramolecular Hbond substituents is 1. The maximum Gasteiger partial charge on any atom is 0.123 e. The quantitative estimate of drug-likeness (QED) is 0.771. The van der Waals surface area contributed by atoms with Crippen molar-refractivity contribution in [2.75, 3.05) is 0 Å². The summed E-state index contributed by atoms with van der Waals surface area (Å²) in [5, 5.41) is 9.75. The van der Waals surface area contributed by atoms with Gasteiger partial charge in [-0.25, -0.2) is 4.39 Å². The molecule has 1 N–H and O–H groups in total. The highest BCUT2D eigenvalue weighted by atomic mass is 19.1. The summed E-state index contributed by atoms with van der Waals surface area (Å²) < 4.78 is 12.9. The minimum Gasteiger partial charge on any atom is -0.507 e. The fraction of sp³-hybridized carbons (Fsp3) is 0.176. The molecule has 0 saturated heterocycles. The fourth-order valence-corrected chi connectivity index (χ4v) is 2.12. The summed E-state index contributed by atoms with van der Waals surface area (Å²) in [5.74, 6) is 0.115. The molecule has 0 aliphatic heterocycles. The molecule has 0 spiro atoms. The Hall–Kier alpha value is -2.09. The number of aryl methyl sites for hydroxylation is 2. The van der Waals surface area contributed by atoms with Crippen molar-refractivity contribution in [2.45, 2.75) is 20.8 Å². The highest BCUT2D eigenvalue weighted by Crippen LogP contribution is 2.25. The molecule has 1 nitrogen and oxygen atoms in total. The van der Waals surface area contributed by atoms with Crippen molar-refractivity contribution in [2.24, 2.45) is 0 Å². The Balaban J connectivity index is 2.38. The summed E-state index contributed by atoms with van der Waals surface area (Å²) in [6.07, 6.45) is 2.03. The predicted molar refractivity (Wildman–Crippen MR) is 77.5 cm³/mol. The van der Waals surface area contributed by atoms with E-state index in [0.717, 1.165) is 27.8 Å². The molecule has 0 aliphatic rings. The molecule has 0 radical (unpaired) electrons. The van der Waals surface area contributed by atoms with E-state index < -0.39 is 0 Å². The van der Waals surface area contributed by atoms with Gasteiger partial charge in [0.2, 0.25) is 0 Å². The monoisotopic (exact) mass is 256 g/mol. The van der Waals surface area contributed by atoms with E-state index in [1.165, 1.54) is 12.1 Å². The van der Waals surface area contributed by atoms with Gasteiger partial charge < -0.3 is 5.11 Å². The molecule has 98 valence electrons. The van der Waals surface area contributed by atoms with Crippen molar-refractivity contribution in [1.29, 1.82) is 0 Å². The summed E-state index contributed by atoms with van der Waals surface area (Å²) >= 11 is 0. The lowest BCUT2D eigenvalue weighted by molar-refractivity contribution is 0.467. The standard InChI is InChI=1S/C17H17FO/c1-11(15-4-6-16(18)7-5-15)8-14-9-12(2)17(19)13(3)10-14/h4-10,19H,1-3H3/b11-8-. The van der Waals surface area contributed by atoms with Crippen LogP contribution in [0, 0.1) is 19.7 Å². The fourth-order valence-electron chi connectivity index (χ4n) is 2.12. The van der Waals surface area contributed by atoms with Crippen LogP contribution in [-0.2, 0) is 0 Å². The Morgan fingerprint density at radius 2 is 1.58 bits per heavy atom. The van der Waals surface area contributed by atoms with Gasteiger partial charge in [0.05, 0.1) is 0 Å². The zero-order valence-corrected chi connectivity index (χ0v) is 11.4. The van der Waals surface area contributed by atoms with Gasteiger partial charge in [-0.15, -0.1) is 0 Å². The van der Waals surface area contributed by atoms with E-state index in [1.807, 2.05) is 39.0 Å². The van der Waals surface area contributed by atoms with Crippen molar-refractivity contribution in [3.05, 3.63) is 64.5 Å². The van der Waals surface area contributed by atoms with Crippen molar-refractivity contribution in [3.63, 3.8) is 0 Å². The van der Waals surface area contributed by atoms with E-state index in [2.05, 4.69) is 0 Å². The zero-order valence-electron chi connectivity index (χ0n) is 11.4. The second kappa shape index (κ2) is 5.27. The van der Waals surface area contributed by atoms with Gasteiger partial charge in [0.1, 0.15) is 11.6 Å². The van der Waals surface area contributed by atoms with Crippen LogP contribution in [0.25, 0.3) is 11.6 Å². The minimum absolute atomic E-state index is 0.229. The Labute approximate surface area is 113 Å². The van der Waals surface area contributed by atoms with Crippen molar-refractivity contribution >= 4 is 11.6 Å². The van der Waals surface area contributed by atoms with Crippen LogP contribution in [0.3, 0.4) is 0 Å². The lowest BCUT2D eigenvalue weighted by Crippen LogP contribution is -1.85. The van der Waals surface area contributed by atoms with Gasteiger partial charge in [-0.2, -0.15) is 0 Å². The number of allylic oxidation sites excluding steroid dienone is 1. The molecule has 2 aromatic rings. The topological polar surface area (TPSA) is 20.2 Å². The first kappa shape index (κ1) is 13.3. The number of hydrogen-bond acceptors (Lipinski definition) is 1. The van der Waals surface area contributed by atoms with Gasteiger partial charge >= 0.3 is 0 Å². The third kappa shape index (κ3) is 3.02. The molecule has 0 fully saturated rings. The first-order valence-electron chi connectivity index (χ1n) is 6.22. The van der Waals surface area contributed by atoms with Gasteiger partial charge in [0.15, 0.2) is 0 Å². The molecule has 2 heteroatoms. The summed E-state index contributed by atoms with van der Waals surface area (Å²) in [7, 11) is 0. The van der Waals surface area contributed by atoms with Crippen LogP contribution >= 0.6 is 0 Å². The van der Waals surface area contributed by atoms with E-state index in [0.29, 0.717) is 5.75 Å². The number of hydrogen-bond donors (Lipinski definition) is 1. The molecule has 0 unspecified atom stereocenters. The predicted octanol–water partition coefficient (Wildman–Crippen LogP) is 4.71. The van der Waals surface area contributed by atoms with Crippen LogP contribution < -0.4 is 0 Å². The molecule has 0 saturated carbocycles. The highest BCUT2D eigenvalue weighted by molar-refractivity contribution is 5.80. The number of halogens is 1. The van der Waals surface area contributed by atoms with Gasteiger partial charge in [-0.05, 0) is 72.9 Å². The van der Waals surface area contributed by atoms with Crippen molar-refractivity contribution in [1.82, 2.24) is 0 Å². The molecule has 2 rings (SSSR count). The van der Waals surface area contributed by atoms with E-state index in [9.17, 15) is 9.50 Å². The Morgan fingerprint density at radius 1 is 1.05 bits per heavy atom. The lowest BCUT2D eigenvalue weighted by Gasteiger charge is -2.07. The van der Waals surface area contributed by atoms with Crippen molar-refractivity contribution in [3.8, 4) is 5.75 Å². The molecule has 0 atom stereocenters. The smallest absolute Gasteiger partial charge is 0.123 e. The third-order valence-corrected chi connectivity index (χ3v) is 3.20.